The molecular weight excluding hydrogens is 629 g/mol. The lowest BCUT2D eigenvalue weighted by Gasteiger charge is -2.22. The zero-order chi connectivity index (χ0) is 33.5. The Labute approximate surface area is 276 Å². The Balaban J connectivity index is 1.50. The van der Waals surface area contributed by atoms with Crippen molar-refractivity contribution in [3.8, 4) is 16.9 Å². The number of aryl methyl sites for hydroxylation is 2. The maximum atomic E-state index is 15.8. The molecule has 0 amide bonds. The van der Waals surface area contributed by atoms with Crippen LogP contribution in [0.5, 0.6) is 5.75 Å². The molecule has 7 nitrogen and oxygen atoms in total. The van der Waals surface area contributed by atoms with Crippen LogP contribution in [0.15, 0.2) is 48.5 Å². The van der Waals surface area contributed by atoms with Crippen LogP contribution in [-0.2, 0) is 37.7 Å². The number of halogens is 4. The van der Waals surface area contributed by atoms with Crippen molar-refractivity contribution in [3.63, 3.8) is 0 Å². The maximum absolute atomic E-state index is 15.8. The Morgan fingerprint density at radius 3 is 2.62 bits per heavy atom. The number of fused-ring (bicyclic) bond motifs is 3. The molecule has 0 spiro atoms. The van der Waals surface area contributed by atoms with E-state index in [9.17, 15) is 9.18 Å². The zero-order valence-electron chi connectivity index (χ0n) is 27.0. The minimum atomic E-state index is -3.13. The van der Waals surface area contributed by atoms with Crippen LogP contribution in [0.25, 0.3) is 32.8 Å². The normalized spacial score (nSPS) is 15.1. The van der Waals surface area contributed by atoms with E-state index in [1.54, 1.807) is 38.2 Å². The van der Waals surface area contributed by atoms with Crippen LogP contribution in [-0.4, -0.2) is 57.9 Å². The van der Waals surface area contributed by atoms with Gasteiger partial charge in [-0.1, -0.05) is 36.7 Å². The van der Waals surface area contributed by atoms with E-state index in [0.717, 1.165) is 27.7 Å². The van der Waals surface area contributed by atoms with Gasteiger partial charge in [0.15, 0.2) is 0 Å². The van der Waals surface area contributed by atoms with Gasteiger partial charge in [-0.05, 0) is 74.5 Å². The van der Waals surface area contributed by atoms with E-state index in [2.05, 4.69) is 0 Å². The van der Waals surface area contributed by atoms with Crippen molar-refractivity contribution in [3.05, 3.63) is 82.0 Å². The van der Waals surface area contributed by atoms with Crippen molar-refractivity contribution in [1.82, 2.24) is 19.2 Å². The number of hydrogen-bond acceptors (Lipinski definition) is 5. The van der Waals surface area contributed by atoms with Gasteiger partial charge in [0.1, 0.15) is 17.3 Å². The third kappa shape index (κ3) is 6.33. The molecule has 3 heterocycles. The summed E-state index contributed by atoms with van der Waals surface area (Å²) in [4.78, 5) is 15.6. The number of carbonyl (C=O) groups excluding carboxylic acids is 1. The number of nitrogens with zero attached hydrogens (tertiary/aromatic N) is 4. The molecule has 0 N–H and O–H groups in total. The van der Waals surface area contributed by atoms with Gasteiger partial charge in [-0.3, -0.25) is 4.68 Å². The summed E-state index contributed by atoms with van der Waals surface area (Å²) < 4.78 is 60.4. The molecule has 0 saturated carbocycles. The molecule has 0 radical (unpaired) electrons. The predicted octanol–water partition coefficient (Wildman–Crippen LogP) is 8.21. The van der Waals surface area contributed by atoms with Gasteiger partial charge < -0.3 is 18.9 Å². The quantitative estimate of drug-likeness (QED) is 0.123. The van der Waals surface area contributed by atoms with Crippen molar-refractivity contribution < 1.29 is 27.4 Å². The molecule has 0 fully saturated rings. The summed E-state index contributed by atoms with van der Waals surface area (Å²) in [6, 6.07) is 13.6. The van der Waals surface area contributed by atoms with Gasteiger partial charge >= 0.3 is 5.97 Å². The molecule has 1 aliphatic rings. The summed E-state index contributed by atoms with van der Waals surface area (Å²) in [7, 11) is 3.68. The van der Waals surface area contributed by atoms with Gasteiger partial charge in [-0.2, -0.15) is 5.10 Å². The Morgan fingerprint density at radius 2 is 1.85 bits per heavy atom. The summed E-state index contributed by atoms with van der Waals surface area (Å²) in [6.07, 6.45) is 1.07. The average Bonchev–Trinajstić information content (AvgIpc) is 3.49. The lowest BCUT2D eigenvalue weighted by molar-refractivity contribution is -0.0305. The van der Waals surface area contributed by atoms with E-state index < -0.39 is 24.9 Å². The van der Waals surface area contributed by atoms with Gasteiger partial charge in [0.25, 0.3) is 5.92 Å². The van der Waals surface area contributed by atoms with Crippen LogP contribution in [0, 0.1) is 5.82 Å². The van der Waals surface area contributed by atoms with Crippen molar-refractivity contribution >= 4 is 39.2 Å². The lowest BCUT2D eigenvalue weighted by Crippen LogP contribution is -2.31. The van der Waals surface area contributed by atoms with Gasteiger partial charge in [-0.15, -0.1) is 0 Å². The molecule has 0 atom stereocenters. The highest BCUT2D eigenvalue weighted by Crippen LogP contribution is 2.44. The minimum absolute atomic E-state index is 0.0894. The molecule has 47 heavy (non-hydrogen) atoms. The number of benzene rings is 3. The lowest BCUT2D eigenvalue weighted by atomic mass is 9.97. The number of ether oxygens (including phenoxy) is 2. The van der Waals surface area contributed by atoms with E-state index >= 15 is 8.78 Å². The Kier molecular flexibility index (Phi) is 9.27. The highest BCUT2D eigenvalue weighted by atomic mass is 35.5. The van der Waals surface area contributed by atoms with Crippen LogP contribution < -0.4 is 4.74 Å². The molecule has 248 valence electrons. The Bertz CT molecular complexity index is 1970. The highest BCUT2D eigenvalue weighted by Gasteiger charge is 2.37. The van der Waals surface area contributed by atoms with E-state index in [-0.39, 0.29) is 31.3 Å². The summed E-state index contributed by atoms with van der Waals surface area (Å²) in [5, 5.41) is 7.37. The van der Waals surface area contributed by atoms with Gasteiger partial charge in [0.2, 0.25) is 0 Å². The number of alkyl halides is 2. The highest BCUT2D eigenvalue weighted by molar-refractivity contribution is 6.35. The number of hydrogen-bond donors (Lipinski definition) is 0. The first-order valence-corrected chi connectivity index (χ1v) is 16.3. The van der Waals surface area contributed by atoms with Crippen LogP contribution >= 0.6 is 11.6 Å². The van der Waals surface area contributed by atoms with Crippen molar-refractivity contribution in [1.29, 1.82) is 0 Å². The monoisotopic (exact) mass is 666 g/mol. The minimum Gasteiger partial charge on any atom is -0.493 e. The van der Waals surface area contributed by atoms with E-state index in [1.165, 1.54) is 16.7 Å². The smallest absolute Gasteiger partial charge is 0.355 e. The number of rotatable bonds is 8. The fourth-order valence-electron chi connectivity index (χ4n) is 6.78. The summed E-state index contributed by atoms with van der Waals surface area (Å²) in [5.41, 5.74) is 4.23. The van der Waals surface area contributed by atoms with Crippen LogP contribution in [0.4, 0.5) is 13.2 Å². The molecule has 6 rings (SSSR count). The topological polar surface area (TPSA) is 61.5 Å². The maximum Gasteiger partial charge on any atom is 0.355 e. The van der Waals surface area contributed by atoms with E-state index in [4.69, 9.17) is 26.2 Å². The summed E-state index contributed by atoms with van der Waals surface area (Å²) in [5.74, 6) is -3.51. The van der Waals surface area contributed by atoms with E-state index in [0.29, 0.717) is 58.6 Å². The molecule has 0 saturated heterocycles. The van der Waals surface area contributed by atoms with Crippen molar-refractivity contribution in [2.75, 3.05) is 26.8 Å². The van der Waals surface area contributed by atoms with Gasteiger partial charge in [0, 0.05) is 54.2 Å². The average molecular weight is 667 g/mol. The van der Waals surface area contributed by atoms with E-state index in [1.807, 2.05) is 35.7 Å². The first kappa shape index (κ1) is 32.9. The number of aromatic nitrogens is 3. The second kappa shape index (κ2) is 13.2. The van der Waals surface area contributed by atoms with Crippen molar-refractivity contribution in [2.24, 2.45) is 7.05 Å². The van der Waals surface area contributed by atoms with Crippen molar-refractivity contribution in [2.45, 2.75) is 58.5 Å². The largest absolute Gasteiger partial charge is 0.493 e. The molecule has 0 unspecified atom stereocenters. The second-order valence-electron chi connectivity index (χ2n) is 12.1. The molecule has 0 bridgehead atoms. The first-order valence-electron chi connectivity index (χ1n) is 16.0. The zero-order valence-corrected chi connectivity index (χ0v) is 27.8. The molecule has 11 heteroatoms. The van der Waals surface area contributed by atoms with Crippen LogP contribution in [0.3, 0.4) is 0 Å². The molecular formula is C36H38ClF3N4O3. The SMILES string of the molecule is CCOC(=O)c1c(CCCOc2cccc3cc(F)ccc23)c2ccc(Cl)c3c2n1CC(F)(F)CCN(C)Cc1nn(C)c(CC)c1-3. The van der Waals surface area contributed by atoms with Gasteiger partial charge in [-0.25, -0.2) is 18.0 Å². The van der Waals surface area contributed by atoms with Crippen LogP contribution in [0.2, 0.25) is 5.02 Å². The Morgan fingerprint density at radius 1 is 1.06 bits per heavy atom. The Hall–Kier alpha value is -4.02. The molecule has 2 aromatic heterocycles. The second-order valence-corrected chi connectivity index (χ2v) is 12.5. The predicted molar refractivity (Wildman–Crippen MR) is 178 cm³/mol. The molecule has 3 aromatic carbocycles. The summed E-state index contributed by atoms with van der Waals surface area (Å²) >= 11 is 6.99. The number of esters is 1. The molecule has 5 aromatic rings. The third-order valence-corrected chi connectivity index (χ3v) is 9.18. The summed E-state index contributed by atoms with van der Waals surface area (Å²) in [6.45, 7) is 3.88. The third-order valence-electron chi connectivity index (χ3n) is 8.87. The first-order chi connectivity index (χ1) is 22.5. The standard InChI is InChI=1S/C36H38ClF3N4O3/c1-5-29-32-28(41-43(29)4)20-42(3)17-16-36(39,40)21-44-33-26(14-15-27(37)31(32)33)25(34(44)35(45)46-6-2)10-8-18-47-30-11-7-9-22-19-23(38)12-13-24(22)30/h7,9,11-15,19H,5-6,8,10,16-18,20-21H2,1-4H3. The molecule has 1 aliphatic heterocycles. The molecule has 0 aliphatic carbocycles. The number of carbonyl (C=O) groups is 1. The fourth-order valence-corrected chi connectivity index (χ4v) is 7.03. The fraction of sp³-hybridized carbons (Fsp3) is 0.389. The van der Waals surface area contributed by atoms with Crippen LogP contribution in [0.1, 0.15) is 54.1 Å². The van der Waals surface area contributed by atoms with Gasteiger partial charge in [0.05, 0.1) is 36.0 Å².